The largest absolute Gasteiger partial charge is 0.453 e. The Morgan fingerprint density at radius 2 is 1.92 bits per heavy atom. The minimum Gasteiger partial charge on any atom is -0.453 e. The van der Waals surface area contributed by atoms with E-state index in [1.165, 1.54) is 16.9 Å². The first-order valence-corrected chi connectivity index (χ1v) is 9.56. The number of thiazole rings is 1. The number of nitrogens with zero attached hydrogens (tertiary/aromatic N) is 1. The van der Waals surface area contributed by atoms with Crippen molar-refractivity contribution in [1.29, 1.82) is 0 Å². The molecule has 0 unspecified atom stereocenters. The molecule has 6 nitrogen and oxygen atoms in total. The van der Waals surface area contributed by atoms with Gasteiger partial charge in [0, 0.05) is 10.9 Å². The van der Waals surface area contributed by atoms with E-state index < -0.39 is 24.1 Å². The molecule has 7 heteroatoms. The molecule has 26 heavy (non-hydrogen) atoms. The highest BCUT2D eigenvalue weighted by Crippen LogP contribution is 2.29. The van der Waals surface area contributed by atoms with Crippen molar-refractivity contribution in [3.8, 4) is 11.3 Å². The predicted molar refractivity (Wildman–Crippen MR) is 99.9 cm³/mol. The number of hydrogen-bond donors (Lipinski definition) is 2. The van der Waals surface area contributed by atoms with Crippen LogP contribution in [0.15, 0.2) is 29.6 Å². The first kappa shape index (κ1) is 18.5. The van der Waals surface area contributed by atoms with E-state index in [1.807, 2.05) is 36.6 Å². The van der Waals surface area contributed by atoms with E-state index in [4.69, 9.17) is 4.74 Å². The van der Waals surface area contributed by atoms with E-state index in [1.54, 1.807) is 0 Å². The Morgan fingerprint density at radius 3 is 2.62 bits per heavy atom. The van der Waals surface area contributed by atoms with Gasteiger partial charge in [0.2, 0.25) is 0 Å². The van der Waals surface area contributed by atoms with Gasteiger partial charge in [0.25, 0.3) is 5.91 Å². The average molecular weight is 374 g/mol. The van der Waals surface area contributed by atoms with Gasteiger partial charge in [0.05, 0.1) is 5.69 Å². The lowest BCUT2D eigenvalue weighted by atomic mass is 9.85. The summed E-state index contributed by atoms with van der Waals surface area (Å²) in [6.45, 7) is 1.59. The number of rotatable bonds is 5. The van der Waals surface area contributed by atoms with Crippen LogP contribution in [0.1, 0.15) is 37.7 Å². The van der Waals surface area contributed by atoms with Crippen molar-refractivity contribution in [3.63, 3.8) is 0 Å². The fourth-order valence-corrected chi connectivity index (χ4v) is 3.69. The topological polar surface area (TPSA) is 88.5 Å². The summed E-state index contributed by atoms with van der Waals surface area (Å²) < 4.78 is 5.00. The number of carbonyl (C=O) groups is 2. The first-order valence-electron chi connectivity index (χ1n) is 8.68. The van der Waals surface area contributed by atoms with Crippen LogP contribution in [0.5, 0.6) is 0 Å². The van der Waals surface area contributed by atoms with E-state index in [0.29, 0.717) is 18.0 Å². The molecule has 1 aliphatic rings. The molecule has 1 aromatic heterocycles. The molecule has 1 aromatic carbocycles. The molecule has 2 N–H and O–H groups in total. The third-order valence-electron chi connectivity index (χ3n) is 4.49. The van der Waals surface area contributed by atoms with Crippen LogP contribution in [0.4, 0.5) is 5.13 Å². The molecule has 0 atom stereocenters. The highest BCUT2D eigenvalue weighted by atomic mass is 32.1. The maximum atomic E-state index is 12.0. The molecule has 1 aliphatic carbocycles. The second kappa shape index (κ2) is 7.97. The number of ether oxygens (including phenoxy) is 1. The van der Waals surface area contributed by atoms with Gasteiger partial charge in [-0.1, -0.05) is 36.2 Å². The van der Waals surface area contributed by atoms with Gasteiger partial charge in [-0.2, -0.15) is 0 Å². The van der Waals surface area contributed by atoms with E-state index in [0.717, 1.165) is 30.5 Å². The molecular weight excluding hydrogens is 352 g/mol. The summed E-state index contributed by atoms with van der Waals surface area (Å²) in [5.41, 5.74) is 1.47. The Balaban J connectivity index is 1.52. The number of benzene rings is 1. The molecule has 138 valence electrons. The molecule has 0 saturated heterocycles. The lowest BCUT2D eigenvalue weighted by Crippen LogP contribution is -2.42. The van der Waals surface area contributed by atoms with E-state index in [2.05, 4.69) is 10.3 Å². The van der Waals surface area contributed by atoms with Crippen LogP contribution in [0.3, 0.4) is 0 Å². The lowest BCUT2D eigenvalue weighted by Gasteiger charge is -2.29. The Morgan fingerprint density at radius 1 is 1.23 bits per heavy atom. The van der Waals surface area contributed by atoms with Gasteiger partial charge in [0.1, 0.15) is 0 Å². The quantitative estimate of drug-likeness (QED) is 0.784. The zero-order chi connectivity index (χ0) is 18.6. The van der Waals surface area contributed by atoms with Gasteiger partial charge in [-0.15, -0.1) is 11.3 Å². The number of anilines is 1. The van der Waals surface area contributed by atoms with Crippen LogP contribution in [0.25, 0.3) is 11.3 Å². The average Bonchev–Trinajstić information content (AvgIpc) is 3.09. The van der Waals surface area contributed by atoms with Crippen LogP contribution < -0.4 is 5.32 Å². The number of hydrogen-bond acceptors (Lipinski definition) is 6. The van der Waals surface area contributed by atoms with Gasteiger partial charge in [-0.3, -0.25) is 10.1 Å². The molecule has 0 spiro atoms. The minimum absolute atomic E-state index is 0.389. The van der Waals surface area contributed by atoms with Gasteiger partial charge in [-0.25, -0.2) is 9.78 Å². The van der Waals surface area contributed by atoms with Crippen molar-refractivity contribution in [2.45, 2.75) is 44.6 Å². The maximum Gasteiger partial charge on any atom is 0.338 e. The Kier molecular flexibility index (Phi) is 5.68. The summed E-state index contributed by atoms with van der Waals surface area (Å²) in [6.07, 6.45) is 3.36. The molecular formula is C19H22N2O4S. The molecule has 0 aliphatic heterocycles. The molecule has 3 rings (SSSR count). The maximum absolute atomic E-state index is 12.0. The summed E-state index contributed by atoms with van der Waals surface area (Å²) in [6, 6.07) is 7.95. The highest BCUT2D eigenvalue weighted by Gasteiger charge is 2.38. The van der Waals surface area contributed by atoms with Crippen LogP contribution in [-0.4, -0.2) is 34.2 Å². The first-order chi connectivity index (χ1) is 12.5. The number of carbonyl (C=O) groups excluding carboxylic acids is 2. The smallest absolute Gasteiger partial charge is 0.338 e. The van der Waals surface area contributed by atoms with Gasteiger partial charge in [-0.05, 0) is 32.6 Å². The van der Waals surface area contributed by atoms with Crippen LogP contribution in [-0.2, 0) is 14.3 Å². The number of amides is 1. The van der Waals surface area contributed by atoms with Crippen molar-refractivity contribution in [3.05, 3.63) is 35.2 Å². The molecule has 1 saturated carbocycles. The number of esters is 1. The number of aryl methyl sites for hydroxylation is 1. The number of nitrogens with one attached hydrogen (secondary N) is 1. The second-order valence-electron chi connectivity index (χ2n) is 6.62. The zero-order valence-electron chi connectivity index (χ0n) is 14.7. The number of aromatic nitrogens is 1. The molecule has 1 fully saturated rings. The van der Waals surface area contributed by atoms with Gasteiger partial charge in [0.15, 0.2) is 17.3 Å². The van der Waals surface area contributed by atoms with E-state index in [-0.39, 0.29) is 0 Å². The van der Waals surface area contributed by atoms with E-state index >= 15 is 0 Å². The third-order valence-corrected chi connectivity index (χ3v) is 5.25. The normalized spacial score (nSPS) is 16.1. The van der Waals surface area contributed by atoms with Crippen LogP contribution >= 0.6 is 11.3 Å². The molecule has 2 aromatic rings. The third kappa shape index (κ3) is 4.47. The van der Waals surface area contributed by atoms with Gasteiger partial charge < -0.3 is 9.84 Å². The van der Waals surface area contributed by atoms with Crippen LogP contribution in [0.2, 0.25) is 0 Å². The summed E-state index contributed by atoms with van der Waals surface area (Å²) in [7, 11) is 0. The van der Waals surface area contributed by atoms with E-state index in [9.17, 15) is 14.7 Å². The fraction of sp³-hybridized carbons (Fsp3) is 0.421. The fourth-order valence-electron chi connectivity index (χ4n) is 2.95. The Bertz CT molecular complexity index is 779. The summed E-state index contributed by atoms with van der Waals surface area (Å²) in [4.78, 5) is 28.4. The molecule has 0 radical (unpaired) electrons. The molecule has 0 bridgehead atoms. The summed E-state index contributed by atoms with van der Waals surface area (Å²) >= 11 is 1.31. The van der Waals surface area contributed by atoms with Crippen molar-refractivity contribution in [1.82, 2.24) is 4.98 Å². The predicted octanol–water partition coefficient (Wildman–Crippen LogP) is 3.30. The molecule has 1 heterocycles. The van der Waals surface area contributed by atoms with Crippen molar-refractivity contribution < 1.29 is 19.4 Å². The Labute approximate surface area is 156 Å². The van der Waals surface area contributed by atoms with Crippen molar-refractivity contribution >= 4 is 28.3 Å². The minimum atomic E-state index is -1.45. The highest BCUT2D eigenvalue weighted by molar-refractivity contribution is 7.14. The van der Waals surface area contributed by atoms with Gasteiger partial charge >= 0.3 is 5.97 Å². The van der Waals surface area contributed by atoms with Crippen LogP contribution in [0, 0.1) is 6.92 Å². The standard InChI is InChI=1S/C19H22N2O4S/c1-13-5-7-14(8-6-13)15-12-26-18(20-15)21-16(22)11-25-17(23)19(24)9-3-2-4-10-19/h5-8,12,24H,2-4,9-11H2,1H3,(H,20,21,22). The zero-order valence-corrected chi connectivity index (χ0v) is 15.5. The summed E-state index contributed by atoms with van der Waals surface area (Å²) in [5.74, 6) is -1.19. The number of aliphatic hydroxyl groups is 1. The SMILES string of the molecule is Cc1ccc(-c2csc(NC(=O)COC(=O)C3(O)CCCCC3)n2)cc1. The lowest BCUT2D eigenvalue weighted by molar-refractivity contribution is -0.170. The Hall–Kier alpha value is -2.25. The summed E-state index contributed by atoms with van der Waals surface area (Å²) in [5, 5.41) is 15.2. The van der Waals surface area contributed by atoms with Crippen molar-refractivity contribution in [2.75, 3.05) is 11.9 Å². The second-order valence-corrected chi connectivity index (χ2v) is 7.48. The monoisotopic (exact) mass is 374 g/mol. The molecule has 1 amide bonds. The van der Waals surface area contributed by atoms with Crippen molar-refractivity contribution in [2.24, 2.45) is 0 Å².